The van der Waals surface area contributed by atoms with Crippen LogP contribution >= 0.6 is 11.8 Å². The number of carboxylic acids is 1. The standard InChI is InChI=1S/C16H21NO3S/c1-10-7-8-13(9-14(10)16(19)20)21-11(2)15(18)17-12-5-3-4-6-12/h7-9,11-12H,3-6H2,1-2H3,(H,17,18)(H,19,20). The largest absolute Gasteiger partial charge is 0.478 e. The average Bonchev–Trinajstić information content (AvgIpc) is 2.93. The van der Waals surface area contributed by atoms with Crippen molar-refractivity contribution in [3.8, 4) is 0 Å². The second kappa shape index (κ2) is 6.98. The summed E-state index contributed by atoms with van der Waals surface area (Å²) in [5.41, 5.74) is 1.03. The third kappa shape index (κ3) is 4.24. The lowest BCUT2D eigenvalue weighted by Gasteiger charge is -2.16. The Balaban J connectivity index is 1.98. The van der Waals surface area contributed by atoms with E-state index in [1.807, 2.05) is 13.0 Å². The van der Waals surface area contributed by atoms with Crippen molar-refractivity contribution in [3.05, 3.63) is 29.3 Å². The smallest absolute Gasteiger partial charge is 0.335 e. The van der Waals surface area contributed by atoms with Crippen molar-refractivity contribution in [2.45, 2.75) is 55.7 Å². The molecule has 0 spiro atoms. The molecular weight excluding hydrogens is 286 g/mol. The van der Waals surface area contributed by atoms with Crippen molar-refractivity contribution >= 4 is 23.6 Å². The zero-order chi connectivity index (χ0) is 15.4. The van der Waals surface area contributed by atoms with Gasteiger partial charge in [-0.05, 0) is 44.4 Å². The Bertz CT molecular complexity index is 538. The van der Waals surface area contributed by atoms with Gasteiger partial charge in [-0.3, -0.25) is 4.79 Å². The molecule has 21 heavy (non-hydrogen) atoms. The van der Waals surface area contributed by atoms with Crippen LogP contribution in [0.3, 0.4) is 0 Å². The molecule has 1 saturated carbocycles. The van der Waals surface area contributed by atoms with Crippen LogP contribution in [0, 0.1) is 6.92 Å². The van der Waals surface area contributed by atoms with E-state index in [9.17, 15) is 9.59 Å². The molecule has 1 aliphatic carbocycles. The molecule has 1 aliphatic rings. The summed E-state index contributed by atoms with van der Waals surface area (Å²) in [7, 11) is 0. The summed E-state index contributed by atoms with van der Waals surface area (Å²) in [5, 5.41) is 12.0. The van der Waals surface area contributed by atoms with Gasteiger partial charge in [-0.2, -0.15) is 0 Å². The lowest BCUT2D eigenvalue weighted by molar-refractivity contribution is -0.120. The van der Waals surface area contributed by atoms with Crippen molar-refractivity contribution in [2.75, 3.05) is 0 Å². The number of rotatable bonds is 5. The van der Waals surface area contributed by atoms with Gasteiger partial charge in [0.25, 0.3) is 0 Å². The zero-order valence-electron chi connectivity index (χ0n) is 12.4. The molecule has 0 aliphatic heterocycles. The van der Waals surface area contributed by atoms with Crippen LogP contribution in [-0.2, 0) is 4.79 Å². The lowest BCUT2D eigenvalue weighted by atomic mass is 10.1. The highest BCUT2D eigenvalue weighted by atomic mass is 32.2. The number of carbonyl (C=O) groups is 2. The number of amides is 1. The Kier molecular flexibility index (Phi) is 5.28. The number of hydrogen-bond donors (Lipinski definition) is 2. The van der Waals surface area contributed by atoms with Gasteiger partial charge in [-0.1, -0.05) is 18.9 Å². The minimum absolute atomic E-state index is 0.0318. The van der Waals surface area contributed by atoms with E-state index in [2.05, 4.69) is 5.32 Å². The van der Waals surface area contributed by atoms with Gasteiger partial charge in [0, 0.05) is 10.9 Å². The quantitative estimate of drug-likeness (QED) is 0.820. The van der Waals surface area contributed by atoms with Crippen LogP contribution in [-0.4, -0.2) is 28.3 Å². The normalized spacial score (nSPS) is 16.7. The molecule has 4 nitrogen and oxygen atoms in total. The summed E-state index contributed by atoms with van der Waals surface area (Å²) in [6.45, 7) is 3.63. The molecule has 114 valence electrons. The molecule has 1 aromatic rings. The van der Waals surface area contributed by atoms with Gasteiger partial charge >= 0.3 is 5.97 Å². The van der Waals surface area contributed by atoms with Crippen LogP contribution in [0.5, 0.6) is 0 Å². The summed E-state index contributed by atoms with van der Waals surface area (Å²) in [5.74, 6) is -0.901. The average molecular weight is 307 g/mol. The van der Waals surface area contributed by atoms with Crippen LogP contribution in [0.4, 0.5) is 0 Å². The number of aryl methyl sites for hydroxylation is 1. The molecule has 2 N–H and O–H groups in total. The van der Waals surface area contributed by atoms with Crippen molar-refractivity contribution in [3.63, 3.8) is 0 Å². The Labute approximate surface area is 129 Å². The maximum atomic E-state index is 12.1. The molecule has 1 unspecified atom stereocenters. The van der Waals surface area contributed by atoms with Crippen LogP contribution in [0.25, 0.3) is 0 Å². The molecule has 0 aromatic heterocycles. The first-order valence-corrected chi connectivity index (χ1v) is 8.16. The Morgan fingerprint density at radius 1 is 1.33 bits per heavy atom. The number of nitrogens with one attached hydrogen (secondary N) is 1. The number of thioether (sulfide) groups is 1. The van der Waals surface area contributed by atoms with Gasteiger partial charge in [0.1, 0.15) is 0 Å². The van der Waals surface area contributed by atoms with E-state index in [4.69, 9.17) is 5.11 Å². The van der Waals surface area contributed by atoms with E-state index in [-0.39, 0.29) is 11.2 Å². The van der Waals surface area contributed by atoms with E-state index >= 15 is 0 Å². The highest BCUT2D eigenvalue weighted by Gasteiger charge is 2.21. The lowest BCUT2D eigenvalue weighted by Crippen LogP contribution is -2.37. The fourth-order valence-corrected chi connectivity index (χ4v) is 3.47. The second-order valence-corrected chi connectivity index (χ2v) is 6.95. The van der Waals surface area contributed by atoms with E-state index in [1.165, 1.54) is 24.6 Å². The maximum Gasteiger partial charge on any atom is 0.335 e. The van der Waals surface area contributed by atoms with E-state index < -0.39 is 5.97 Å². The molecule has 0 bridgehead atoms. The minimum atomic E-state index is -0.932. The third-order valence-electron chi connectivity index (χ3n) is 3.82. The molecule has 1 atom stereocenters. The summed E-state index contributed by atoms with van der Waals surface area (Å²) in [6.07, 6.45) is 4.51. The topological polar surface area (TPSA) is 66.4 Å². The summed E-state index contributed by atoms with van der Waals surface area (Å²) < 4.78 is 0. The molecule has 1 amide bonds. The van der Waals surface area contributed by atoms with Gasteiger partial charge in [0.2, 0.25) is 5.91 Å². The van der Waals surface area contributed by atoms with Gasteiger partial charge in [-0.25, -0.2) is 4.79 Å². The fraction of sp³-hybridized carbons (Fsp3) is 0.500. The third-order valence-corrected chi connectivity index (χ3v) is 4.92. The zero-order valence-corrected chi connectivity index (χ0v) is 13.2. The highest BCUT2D eigenvalue weighted by molar-refractivity contribution is 8.00. The number of carbonyl (C=O) groups excluding carboxylic acids is 1. The predicted octanol–water partition coefficient (Wildman–Crippen LogP) is 3.23. The van der Waals surface area contributed by atoms with Crippen molar-refractivity contribution in [1.82, 2.24) is 5.32 Å². The summed E-state index contributed by atoms with van der Waals surface area (Å²) in [6, 6.07) is 5.61. The molecule has 2 rings (SSSR count). The fourth-order valence-electron chi connectivity index (χ4n) is 2.55. The Morgan fingerprint density at radius 3 is 2.62 bits per heavy atom. The molecular formula is C16H21NO3S. The van der Waals surface area contributed by atoms with Crippen LogP contribution in [0.2, 0.25) is 0 Å². The van der Waals surface area contributed by atoms with Gasteiger partial charge in [0.05, 0.1) is 10.8 Å². The SMILES string of the molecule is Cc1ccc(SC(C)C(=O)NC2CCCC2)cc1C(=O)O. The summed E-state index contributed by atoms with van der Waals surface area (Å²) >= 11 is 1.40. The Hall–Kier alpha value is -1.49. The first-order valence-electron chi connectivity index (χ1n) is 7.28. The first kappa shape index (κ1) is 15.9. The molecule has 1 aromatic carbocycles. The van der Waals surface area contributed by atoms with Crippen molar-refractivity contribution < 1.29 is 14.7 Å². The summed E-state index contributed by atoms with van der Waals surface area (Å²) in [4.78, 5) is 24.1. The van der Waals surface area contributed by atoms with E-state index in [1.54, 1.807) is 19.1 Å². The monoisotopic (exact) mass is 307 g/mol. The predicted molar refractivity (Wildman–Crippen MR) is 83.9 cm³/mol. The van der Waals surface area contributed by atoms with Crippen molar-refractivity contribution in [1.29, 1.82) is 0 Å². The number of benzene rings is 1. The maximum absolute atomic E-state index is 12.1. The highest BCUT2D eigenvalue weighted by Crippen LogP contribution is 2.26. The number of carboxylic acid groups (broad SMARTS) is 1. The van der Waals surface area contributed by atoms with Crippen LogP contribution in [0.15, 0.2) is 23.1 Å². The molecule has 0 saturated heterocycles. The molecule has 0 heterocycles. The van der Waals surface area contributed by atoms with Crippen LogP contribution < -0.4 is 5.32 Å². The molecule has 0 radical (unpaired) electrons. The van der Waals surface area contributed by atoms with Gasteiger partial charge in [0.15, 0.2) is 0 Å². The Morgan fingerprint density at radius 2 is 2.00 bits per heavy atom. The molecule has 5 heteroatoms. The first-order chi connectivity index (χ1) is 9.97. The molecule has 1 fully saturated rings. The number of hydrogen-bond acceptors (Lipinski definition) is 3. The second-order valence-electron chi connectivity index (χ2n) is 5.53. The van der Waals surface area contributed by atoms with Crippen LogP contribution in [0.1, 0.15) is 48.5 Å². The number of aromatic carboxylic acids is 1. The van der Waals surface area contributed by atoms with Crippen molar-refractivity contribution in [2.24, 2.45) is 0 Å². The minimum Gasteiger partial charge on any atom is -0.478 e. The van der Waals surface area contributed by atoms with Gasteiger partial charge < -0.3 is 10.4 Å². The van der Waals surface area contributed by atoms with E-state index in [0.29, 0.717) is 11.6 Å². The van der Waals surface area contributed by atoms with Gasteiger partial charge in [-0.15, -0.1) is 11.8 Å². The van der Waals surface area contributed by atoms with E-state index in [0.717, 1.165) is 23.3 Å².